The number of halogens is 1. The summed E-state index contributed by atoms with van der Waals surface area (Å²) in [5, 5.41) is 7.89. The second-order valence-electron chi connectivity index (χ2n) is 5.42. The van der Waals surface area contributed by atoms with E-state index >= 15 is 0 Å². The average Bonchev–Trinajstić information content (AvgIpc) is 2.91. The van der Waals surface area contributed by atoms with Crippen LogP contribution in [-0.4, -0.2) is 16.3 Å². The number of rotatable bonds is 7. The van der Waals surface area contributed by atoms with Crippen LogP contribution in [0.5, 0.6) is 0 Å². The Balaban J connectivity index is 2.20. The normalized spacial score (nSPS) is 12.6. The Labute approximate surface area is 126 Å². The SMILES string of the molecule is CCCNC(Cc1cnn(CC)c1)c1ccc(F)cc1C. The van der Waals surface area contributed by atoms with Crippen LogP contribution in [0, 0.1) is 12.7 Å². The second kappa shape index (κ2) is 7.36. The molecule has 0 saturated carbocycles. The maximum Gasteiger partial charge on any atom is 0.123 e. The summed E-state index contributed by atoms with van der Waals surface area (Å²) < 4.78 is 15.2. The minimum atomic E-state index is -0.177. The van der Waals surface area contributed by atoms with Crippen LogP contribution in [0.4, 0.5) is 4.39 Å². The monoisotopic (exact) mass is 289 g/mol. The van der Waals surface area contributed by atoms with Gasteiger partial charge < -0.3 is 5.32 Å². The van der Waals surface area contributed by atoms with Crippen LogP contribution < -0.4 is 5.32 Å². The molecular formula is C17H24FN3. The molecule has 0 bridgehead atoms. The third-order valence-corrected chi connectivity index (χ3v) is 3.70. The minimum absolute atomic E-state index is 0.177. The first-order valence-electron chi connectivity index (χ1n) is 7.64. The highest BCUT2D eigenvalue weighted by molar-refractivity contribution is 5.30. The highest BCUT2D eigenvalue weighted by Gasteiger charge is 2.15. The van der Waals surface area contributed by atoms with Crippen molar-refractivity contribution >= 4 is 0 Å². The van der Waals surface area contributed by atoms with Gasteiger partial charge in [-0.15, -0.1) is 0 Å². The van der Waals surface area contributed by atoms with Crippen molar-refractivity contribution in [1.82, 2.24) is 15.1 Å². The van der Waals surface area contributed by atoms with Gasteiger partial charge >= 0.3 is 0 Å². The molecule has 1 aromatic heterocycles. The van der Waals surface area contributed by atoms with Gasteiger partial charge in [0.25, 0.3) is 0 Å². The van der Waals surface area contributed by atoms with Crippen molar-refractivity contribution in [3.05, 3.63) is 53.1 Å². The van der Waals surface area contributed by atoms with E-state index in [0.29, 0.717) is 0 Å². The largest absolute Gasteiger partial charge is 0.310 e. The topological polar surface area (TPSA) is 29.9 Å². The smallest absolute Gasteiger partial charge is 0.123 e. The predicted molar refractivity (Wildman–Crippen MR) is 83.8 cm³/mol. The van der Waals surface area contributed by atoms with E-state index in [1.807, 2.05) is 23.9 Å². The van der Waals surface area contributed by atoms with Gasteiger partial charge in [0.2, 0.25) is 0 Å². The Kier molecular flexibility index (Phi) is 5.51. The second-order valence-corrected chi connectivity index (χ2v) is 5.42. The fourth-order valence-electron chi connectivity index (χ4n) is 2.56. The van der Waals surface area contributed by atoms with Crippen LogP contribution in [0.25, 0.3) is 0 Å². The molecule has 0 aliphatic carbocycles. The van der Waals surface area contributed by atoms with Crippen LogP contribution in [0.2, 0.25) is 0 Å². The standard InChI is InChI=1S/C17H24FN3/c1-4-8-19-17(10-14-11-20-21(5-2)12-14)16-7-6-15(18)9-13(16)3/h6-7,9,11-12,17,19H,4-5,8,10H2,1-3H3. The lowest BCUT2D eigenvalue weighted by atomic mass is 9.96. The van der Waals surface area contributed by atoms with Gasteiger partial charge in [-0.25, -0.2) is 4.39 Å². The number of nitrogens with zero attached hydrogens (tertiary/aromatic N) is 2. The highest BCUT2D eigenvalue weighted by Crippen LogP contribution is 2.22. The van der Waals surface area contributed by atoms with E-state index in [1.54, 1.807) is 12.1 Å². The van der Waals surface area contributed by atoms with E-state index < -0.39 is 0 Å². The summed E-state index contributed by atoms with van der Waals surface area (Å²) in [5.41, 5.74) is 3.36. The van der Waals surface area contributed by atoms with Crippen molar-refractivity contribution < 1.29 is 4.39 Å². The Hall–Kier alpha value is -1.68. The molecule has 1 N–H and O–H groups in total. The quantitative estimate of drug-likeness (QED) is 0.843. The highest BCUT2D eigenvalue weighted by atomic mass is 19.1. The molecule has 2 aromatic rings. The molecule has 0 aliphatic heterocycles. The molecule has 1 aromatic carbocycles. The van der Waals surface area contributed by atoms with Gasteiger partial charge in [-0.2, -0.15) is 5.10 Å². The van der Waals surface area contributed by atoms with Gasteiger partial charge in [-0.1, -0.05) is 13.0 Å². The van der Waals surface area contributed by atoms with E-state index in [2.05, 4.69) is 30.5 Å². The van der Waals surface area contributed by atoms with E-state index in [-0.39, 0.29) is 11.9 Å². The maximum atomic E-state index is 13.3. The van der Waals surface area contributed by atoms with Crippen LogP contribution in [0.1, 0.15) is 43.0 Å². The molecule has 114 valence electrons. The average molecular weight is 289 g/mol. The molecule has 0 spiro atoms. The van der Waals surface area contributed by atoms with E-state index in [1.165, 1.54) is 5.56 Å². The van der Waals surface area contributed by atoms with Gasteiger partial charge in [0.15, 0.2) is 0 Å². The number of hydrogen-bond acceptors (Lipinski definition) is 2. The first kappa shape index (κ1) is 15.7. The molecule has 3 nitrogen and oxygen atoms in total. The third-order valence-electron chi connectivity index (χ3n) is 3.70. The molecule has 1 atom stereocenters. The molecule has 0 fully saturated rings. The van der Waals surface area contributed by atoms with Crippen LogP contribution >= 0.6 is 0 Å². The molecule has 0 amide bonds. The van der Waals surface area contributed by atoms with Crippen molar-refractivity contribution in [1.29, 1.82) is 0 Å². The predicted octanol–water partition coefficient (Wildman–Crippen LogP) is 3.63. The Morgan fingerprint density at radius 2 is 2.14 bits per heavy atom. The van der Waals surface area contributed by atoms with Gasteiger partial charge in [0.05, 0.1) is 6.20 Å². The fraction of sp³-hybridized carbons (Fsp3) is 0.471. The zero-order valence-electron chi connectivity index (χ0n) is 13.1. The molecule has 0 saturated heterocycles. The lowest BCUT2D eigenvalue weighted by molar-refractivity contribution is 0.525. The number of aromatic nitrogens is 2. The summed E-state index contributed by atoms with van der Waals surface area (Å²) in [6.45, 7) is 8.02. The number of benzene rings is 1. The summed E-state index contributed by atoms with van der Waals surface area (Å²) in [7, 11) is 0. The molecule has 21 heavy (non-hydrogen) atoms. The lowest BCUT2D eigenvalue weighted by Crippen LogP contribution is -2.24. The van der Waals surface area contributed by atoms with Crippen molar-refractivity contribution in [2.75, 3.05) is 6.54 Å². The summed E-state index contributed by atoms with van der Waals surface area (Å²) in [6, 6.07) is 5.23. The van der Waals surface area contributed by atoms with Crippen molar-refractivity contribution in [3.63, 3.8) is 0 Å². The van der Waals surface area contributed by atoms with Crippen molar-refractivity contribution in [2.24, 2.45) is 0 Å². The third kappa shape index (κ3) is 4.14. The zero-order chi connectivity index (χ0) is 15.2. The van der Waals surface area contributed by atoms with Gasteiger partial charge in [-0.05, 0) is 62.1 Å². The van der Waals surface area contributed by atoms with Gasteiger partial charge in [0, 0.05) is 18.8 Å². The van der Waals surface area contributed by atoms with Crippen LogP contribution in [-0.2, 0) is 13.0 Å². The number of hydrogen-bond donors (Lipinski definition) is 1. The van der Waals surface area contributed by atoms with E-state index in [0.717, 1.165) is 37.1 Å². The maximum absolute atomic E-state index is 13.3. The molecule has 1 heterocycles. The summed E-state index contributed by atoms with van der Waals surface area (Å²) >= 11 is 0. The Bertz CT molecular complexity index is 577. The number of nitrogens with one attached hydrogen (secondary N) is 1. The van der Waals surface area contributed by atoms with Crippen molar-refractivity contribution in [2.45, 2.75) is 46.2 Å². The molecule has 1 unspecified atom stereocenters. The number of aryl methyl sites for hydroxylation is 2. The fourth-order valence-corrected chi connectivity index (χ4v) is 2.56. The first-order valence-corrected chi connectivity index (χ1v) is 7.64. The summed E-state index contributed by atoms with van der Waals surface area (Å²) in [4.78, 5) is 0. The molecule has 0 aliphatic rings. The van der Waals surface area contributed by atoms with Gasteiger partial charge in [-0.3, -0.25) is 4.68 Å². The molecule has 2 rings (SSSR count). The summed E-state index contributed by atoms with van der Waals surface area (Å²) in [5.74, 6) is -0.177. The molecule has 0 radical (unpaired) electrons. The zero-order valence-corrected chi connectivity index (χ0v) is 13.1. The first-order chi connectivity index (χ1) is 10.1. The van der Waals surface area contributed by atoms with E-state index in [4.69, 9.17) is 0 Å². The Morgan fingerprint density at radius 3 is 2.76 bits per heavy atom. The molecule has 4 heteroatoms. The Morgan fingerprint density at radius 1 is 1.33 bits per heavy atom. The summed E-state index contributed by atoms with van der Waals surface area (Å²) in [6.07, 6.45) is 5.94. The lowest BCUT2D eigenvalue weighted by Gasteiger charge is -2.20. The minimum Gasteiger partial charge on any atom is -0.310 e. The van der Waals surface area contributed by atoms with E-state index in [9.17, 15) is 4.39 Å². The molecular weight excluding hydrogens is 265 g/mol. The van der Waals surface area contributed by atoms with Crippen LogP contribution in [0.15, 0.2) is 30.6 Å². The van der Waals surface area contributed by atoms with Crippen LogP contribution in [0.3, 0.4) is 0 Å². The van der Waals surface area contributed by atoms with Crippen molar-refractivity contribution in [3.8, 4) is 0 Å². The van der Waals surface area contributed by atoms with Gasteiger partial charge in [0.1, 0.15) is 5.82 Å².